The second kappa shape index (κ2) is 9.07. The van der Waals surface area contributed by atoms with Gasteiger partial charge in [0.1, 0.15) is 0 Å². The number of carbonyl (C=O) groups is 2. The van der Waals surface area contributed by atoms with Crippen LogP contribution in [0.5, 0.6) is 0 Å². The maximum absolute atomic E-state index is 13.1. The zero-order valence-corrected chi connectivity index (χ0v) is 18.5. The van der Waals surface area contributed by atoms with Crippen molar-refractivity contribution in [2.24, 2.45) is 0 Å². The van der Waals surface area contributed by atoms with E-state index in [1.54, 1.807) is 31.5 Å². The maximum Gasteiger partial charge on any atom is 0.338 e. The van der Waals surface area contributed by atoms with Crippen molar-refractivity contribution in [2.45, 2.75) is 6.92 Å². The Bertz CT molecular complexity index is 1380. The van der Waals surface area contributed by atoms with E-state index in [9.17, 15) is 9.59 Å². The summed E-state index contributed by atoms with van der Waals surface area (Å²) in [6.45, 7) is 2.04. The van der Waals surface area contributed by atoms with E-state index in [1.165, 1.54) is 0 Å². The smallest absolute Gasteiger partial charge is 0.338 e. The van der Waals surface area contributed by atoms with Gasteiger partial charge < -0.3 is 20.4 Å². The molecule has 7 heteroatoms. The fraction of sp³-hybridized carbons (Fsp3) is 0.0741. The summed E-state index contributed by atoms with van der Waals surface area (Å²) in [6, 6.07) is 22.6. The number of amides is 1. The van der Waals surface area contributed by atoms with Gasteiger partial charge in [-0.3, -0.25) is 4.79 Å². The largest absolute Gasteiger partial charge is 0.462 e. The van der Waals surface area contributed by atoms with Gasteiger partial charge >= 0.3 is 5.97 Å². The summed E-state index contributed by atoms with van der Waals surface area (Å²) in [7, 11) is 0. The van der Waals surface area contributed by atoms with Crippen molar-refractivity contribution in [3.8, 4) is 11.3 Å². The van der Waals surface area contributed by atoms with Crippen LogP contribution in [-0.2, 0) is 9.53 Å². The van der Waals surface area contributed by atoms with Crippen LogP contribution in [-0.4, -0.2) is 28.5 Å². The molecule has 3 N–H and O–H groups in total. The third kappa shape index (κ3) is 4.06. The Hall–Kier alpha value is -4.65. The summed E-state index contributed by atoms with van der Waals surface area (Å²) in [6.07, 6.45) is 3.48. The van der Waals surface area contributed by atoms with Gasteiger partial charge in [0.05, 0.1) is 41.1 Å². The van der Waals surface area contributed by atoms with Crippen LogP contribution in [0.4, 0.5) is 11.4 Å². The Morgan fingerprint density at radius 3 is 2.50 bits per heavy atom. The number of hydrogen-bond acceptors (Lipinski definition) is 5. The number of benzene rings is 3. The molecule has 0 atom stereocenters. The zero-order valence-electron chi connectivity index (χ0n) is 18.5. The van der Waals surface area contributed by atoms with E-state index in [0.29, 0.717) is 22.5 Å². The van der Waals surface area contributed by atoms with Gasteiger partial charge in [0.15, 0.2) is 0 Å². The van der Waals surface area contributed by atoms with Crippen LogP contribution in [0.3, 0.4) is 0 Å². The minimum Gasteiger partial charge on any atom is -0.462 e. The van der Waals surface area contributed by atoms with Crippen molar-refractivity contribution >= 4 is 34.5 Å². The monoisotopic (exact) mass is 450 g/mol. The third-order valence-corrected chi connectivity index (χ3v) is 5.54. The molecule has 2 heterocycles. The number of nitrogens with one attached hydrogen (secondary N) is 3. The molecule has 1 aliphatic rings. The van der Waals surface area contributed by atoms with E-state index in [4.69, 9.17) is 4.74 Å². The molecule has 3 aromatic carbocycles. The highest BCUT2D eigenvalue weighted by Gasteiger charge is 2.29. The standard InChI is InChI=1S/C27H22N4O3/c1-2-34-27(33)19-10-13-21-22(14-19)31-26(32)24(21)25(18-6-4-3-5-7-18)30-20-11-8-17(9-12-20)23-15-28-16-29-23/h3-16,30H,2H2,1H3,(H,28,29)(H,31,32). The second-order valence-electron chi connectivity index (χ2n) is 7.71. The van der Waals surface area contributed by atoms with E-state index in [2.05, 4.69) is 20.6 Å². The second-order valence-corrected chi connectivity index (χ2v) is 7.71. The molecule has 0 spiro atoms. The molecule has 34 heavy (non-hydrogen) atoms. The van der Waals surface area contributed by atoms with E-state index in [1.807, 2.05) is 60.8 Å². The molecule has 4 aromatic rings. The van der Waals surface area contributed by atoms with Crippen molar-refractivity contribution < 1.29 is 14.3 Å². The normalized spacial score (nSPS) is 13.7. The highest BCUT2D eigenvalue weighted by Crippen LogP contribution is 2.38. The lowest BCUT2D eigenvalue weighted by atomic mass is 9.99. The zero-order chi connectivity index (χ0) is 23.5. The fourth-order valence-electron chi connectivity index (χ4n) is 3.93. The molecule has 1 aliphatic heterocycles. The van der Waals surface area contributed by atoms with Crippen molar-refractivity contribution in [1.29, 1.82) is 0 Å². The quantitative estimate of drug-likeness (QED) is 0.278. The SMILES string of the molecule is CCOC(=O)c1ccc2c(c1)NC(=O)C2=C(Nc1ccc(-c2c[nH]cn2)cc1)c1ccccc1. The van der Waals surface area contributed by atoms with Crippen molar-refractivity contribution in [3.05, 3.63) is 102 Å². The predicted octanol–water partition coefficient (Wildman–Crippen LogP) is 5.19. The Labute approximate surface area is 196 Å². The molecule has 0 fully saturated rings. The summed E-state index contributed by atoms with van der Waals surface area (Å²) in [5.41, 5.74) is 6.41. The molecule has 7 nitrogen and oxygen atoms in total. The molecule has 0 saturated carbocycles. The van der Waals surface area contributed by atoms with E-state index >= 15 is 0 Å². The molecule has 5 rings (SSSR count). The number of fused-ring (bicyclic) bond motifs is 1. The van der Waals surface area contributed by atoms with Gasteiger partial charge in [-0.25, -0.2) is 9.78 Å². The van der Waals surface area contributed by atoms with Crippen LogP contribution in [0.2, 0.25) is 0 Å². The number of rotatable bonds is 6. The Balaban J connectivity index is 1.56. The fourth-order valence-corrected chi connectivity index (χ4v) is 3.93. The number of hydrogen-bond donors (Lipinski definition) is 3. The van der Waals surface area contributed by atoms with Crippen molar-refractivity contribution in [3.63, 3.8) is 0 Å². The van der Waals surface area contributed by atoms with Crippen LogP contribution in [0, 0.1) is 0 Å². The van der Waals surface area contributed by atoms with Gasteiger partial charge in [0.2, 0.25) is 0 Å². The van der Waals surface area contributed by atoms with Crippen LogP contribution >= 0.6 is 0 Å². The molecule has 0 unspecified atom stereocenters. The summed E-state index contributed by atoms with van der Waals surface area (Å²) < 4.78 is 5.09. The lowest BCUT2D eigenvalue weighted by Crippen LogP contribution is -2.10. The molecule has 0 bridgehead atoms. The Morgan fingerprint density at radius 2 is 1.79 bits per heavy atom. The minimum absolute atomic E-state index is 0.240. The van der Waals surface area contributed by atoms with Gasteiger partial charge in [-0.1, -0.05) is 48.5 Å². The topological polar surface area (TPSA) is 96.1 Å². The average Bonchev–Trinajstić information content (AvgIpc) is 3.51. The first-order chi connectivity index (χ1) is 16.6. The number of H-pyrrole nitrogens is 1. The van der Waals surface area contributed by atoms with E-state index < -0.39 is 5.97 Å². The molecular weight excluding hydrogens is 428 g/mol. The number of esters is 1. The molecule has 1 aromatic heterocycles. The molecule has 1 amide bonds. The van der Waals surface area contributed by atoms with Crippen molar-refractivity contribution in [1.82, 2.24) is 9.97 Å². The number of imidazole rings is 1. The van der Waals surface area contributed by atoms with E-state index in [0.717, 1.165) is 28.1 Å². The minimum atomic E-state index is -0.421. The lowest BCUT2D eigenvalue weighted by molar-refractivity contribution is -0.110. The van der Waals surface area contributed by atoms with Gasteiger partial charge in [-0.15, -0.1) is 0 Å². The van der Waals surface area contributed by atoms with Crippen molar-refractivity contribution in [2.75, 3.05) is 17.2 Å². The number of aromatic amines is 1. The van der Waals surface area contributed by atoms with Crippen LogP contribution in [0.25, 0.3) is 22.5 Å². The van der Waals surface area contributed by atoms with Gasteiger partial charge in [0, 0.05) is 23.0 Å². The maximum atomic E-state index is 13.1. The first kappa shape index (κ1) is 21.2. The first-order valence-corrected chi connectivity index (χ1v) is 10.9. The van der Waals surface area contributed by atoms with Crippen LogP contribution < -0.4 is 10.6 Å². The number of anilines is 2. The third-order valence-electron chi connectivity index (χ3n) is 5.54. The molecular formula is C27H22N4O3. The number of nitrogens with zero attached hydrogens (tertiary/aromatic N) is 1. The number of carbonyl (C=O) groups excluding carboxylic acids is 2. The highest BCUT2D eigenvalue weighted by atomic mass is 16.5. The van der Waals surface area contributed by atoms with Gasteiger partial charge in [0.25, 0.3) is 5.91 Å². The van der Waals surface area contributed by atoms with Gasteiger partial charge in [-0.2, -0.15) is 0 Å². The molecule has 0 aliphatic carbocycles. The Morgan fingerprint density at radius 1 is 1.00 bits per heavy atom. The summed E-state index contributed by atoms with van der Waals surface area (Å²) in [5.74, 6) is -0.661. The van der Waals surface area contributed by atoms with Gasteiger partial charge in [-0.05, 0) is 36.8 Å². The number of ether oxygens (including phenoxy) is 1. The first-order valence-electron chi connectivity index (χ1n) is 10.9. The lowest BCUT2D eigenvalue weighted by Gasteiger charge is -2.15. The predicted molar refractivity (Wildman–Crippen MR) is 132 cm³/mol. The highest BCUT2D eigenvalue weighted by molar-refractivity contribution is 6.37. The molecule has 0 saturated heterocycles. The van der Waals surface area contributed by atoms with Crippen LogP contribution in [0.1, 0.15) is 28.4 Å². The summed E-state index contributed by atoms with van der Waals surface area (Å²) >= 11 is 0. The number of aromatic nitrogens is 2. The summed E-state index contributed by atoms with van der Waals surface area (Å²) in [4.78, 5) is 32.5. The van der Waals surface area contributed by atoms with E-state index in [-0.39, 0.29) is 12.5 Å². The molecule has 0 radical (unpaired) electrons. The Kier molecular flexibility index (Phi) is 5.66. The average molecular weight is 450 g/mol. The molecule has 168 valence electrons. The van der Waals surface area contributed by atoms with Crippen LogP contribution in [0.15, 0.2) is 85.3 Å². The summed E-state index contributed by atoms with van der Waals surface area (Å²) in [5, 5.41) is 6.33.